The molecular weight excluding hydrogens is 2450 g/mol. The third-order valence-corrected chi connectivity index (χ3v) is 22.1. The maximum Gasteiger partial charge on any atom is 0.300 e. The summed E-state index contributed by atoms with van der Waals surface area (Å²) in [5.41, 5.74) is -5.58. The molecule has 5 aromatic rings. The number of benzene rings is 5. The number of rotatable bonds is 55. The van der Waals surface area contributed by atoms with E-state index in [0.29, 0.717) is 132 Å². The second-order valence-corrected chi connectivity index (χ2v) is 35.3. The molecule has 0 heterocycles. The van der Waals surface area contributed by atoms with Crippen LogP contribution in [0, 0.1) is 101 Å². The highest BCUT2D eigenvalue weighted by Crippen LogP contribution is 2.44. The summed E-state index contributed by atoms with van der Waals surface area (Å²) in [5, 5.41) is 165. The lowest BCUT2D eigenvalue weighted by atomic mass is 10.0. The molecule has 5 N–H and O–H groups in total. The van der Waals surface area contributed by atoms with Crippen molar-refractivity contribution in [2.75, 3.05) is 223 Å². The summed E-state index contributed by atoms with van der Waals surface area (Å²) in [6, 6.07) is 9.31. The fourth-order valence-corrected chi connectivity index (χ4v) is 17.0. The van der Waals surface area contributed by atoms with Crippen molar-refractivity contribution in [1.82, 2.24) is 19.6 Å². The van der Waals surface area contributed by atoms with Crippen LogP contribution in [0.5, 0.6) is 0 Å². The number of carbonyl (C=O) groups excluding carboxylic acids is 5. The molecule has 0 spiro atoms. The highest BCUT2D eigenvalue weighted by Gasteiger charge is 2.39. The van der Waals surface area contributed by atoms with Gasteiger partial charge >= 0.3 is 0 Å². The predicted molar refractivity (Wildman–Crippen MR) is 538 cm³/mol. The van der Waals surface area contributed by atoms with Crippen LogP contribution >= 0.6 is 159 Å². The summed E-state index contributed by atoms with van der Waals surface area (Å²) >= 11 is 32.8. The number of amides is 4. The molecule has 0 radical (unpaired) electrons. The Morgan fingerprint density at radius 3 is 0.746 bits per heavy atom. The molecule has 0 bridgehead atoms. The number of hydrogen-bond acceptors (Lipinski definition) is 35. The van der Waals surface area contributed by atoms with Crippen molar-refractivity contribution >= 4 is 274 Å². The van der Waals surface area contributed by atoms with Crippen molar-refractivity contribution < 1.29 is 98.7 Å². The van der Waals surface area contributed by atoms with Crippen LogP contribution in [0.1, 0.15) is 98.7 Å². The summed E-state index contributed by atoms with van der Waals surface area (Å²) in [6.07, 6.45) is 0.717. The lowest BCUT2D eigenvalue weighted by Gasteiger charge is -2.29. The van der Waals surface area contributed by atoms with E-state index in [1.54, 1.807) is 45.3 Å². The monoisotopic (exact) mass is 2530 g/mol. The van der Waals surface area contributed by atoms with Crippen LogP contribution in [0.3, 0.4) is 0 Å². The topological polar surface area (TPSA) is 647 Å². The van der Waals surface area contributed by atoms with E-state index < -0.39 is 136 Å². The number of non-ortho nitro benzene ring substituents is 5. The van der Waals surface area contributed by atoms with E-state index in [2.05, 4.69) is 159 Å². The number of nitro benzene ring substituents is 10. The number of hydrogen-bond donors (Lipinski definition) is 5. The Hall–Kier alpha value is -8.75. The zero-order chi connectivity index (χ0) is 102. The van der Waals surface area contributed by atoms with E-state index in [1.807, 2.05) is 6.92 Å². The summed E-state index contributed by atoms with van der Waals surface area (Å²) in [6.45, 7) is 9.79. The minimum atomic E-state index is -0.779. The molecular formula is C75H99Br10N19O30. The van der Waals surface area contributed by atoms with E-state index in [9.17, 15) is 135 Å². The van der Waals surface area contributed by atoms with Crippen molar-refractivity contribution in [3.05, 3.63) is 190 Å². The fourth-order valence-electron chi connectivity index (χ4n) is 12.7. The smallest absolute Gasteiger partial charge is 0.300 e. The first-order chi connectivity index (χ1) is 63.5. The van der Waals surface area contributed by atoms with Gasteiger partial charge in [-0.2, -0.15) is 0 Å². The molecule has 59 heteroatoms. The standard InChI is InChI=1S/2C16H22Br2N4O6.C15H20Br2N4O6.C14H18Br2N4O6.C14H17Br2N3O6/c1-11(2)20(7-8-23)16(24)13-9-12(21(25)26)10-14(22(27)28)15(13)19(5-3-17)6-4-18;1-2-5-20(8-9-23)16(24)13-10-12(21(25)26)11-14(22(27)28)15(13)19(6-3-17)7-4-18;1-2-18(7-8-22)15(23)12-9-11(20(24)25)10-13(21(26)27)14(12)19(5-3-16)6-4-17;1-17(6-7-21)14(22)11-8-10(19(23)24)9-12(20(25)26)13(11)18(4-2-15)5-3-16;15-3-5-17(6-4-16)14-11(13(21)2-1-7-20)8-10(18(22)23)9-12(14)19(24)25/h9-11,23H,3-8H2,1-2H3;10-11,23H,2-9H2,1H3;9-10,22H,2-8H2,1H3;8-9,21H,2-7H2,1H3;8-9,20H,1-7H2. The highest BCUT2D eigenvalue weighted by atomic mass is 79.9. The summed E-state index contributed by atoms with van der Waals surface area (Å²) in [4.78, 5) is 184. The average Bonchev–Trinajstić information content (AvgIpc) is 0.799. The number of halogens is 10. The predicted octanol–water partition coefficient (Wildman–Crippen LogP) is 13.7. The Balaban J connectivity index is 0.000000838. The van der Waals surface area contributed by atoms with E-state index >= 15 is 0 Å². The summed E-state index contributed by atoms with van der Waals surface area (Å²) in [5.74, 6) is -2.94. The van der Waals surface area contributed by atoms with Crippen LogP contribution in [0.2, 0.25) is 0 Å². The Morgan fingerprint density at radius 1 is 0.299 bits per heavy atom. The maximum absolute atomic E-state index is 13.2. The summed E-state index contributed by atoms with van der Waals surface area (Å²) in [7, 11) is 1.41. The van der Waals surface area contributed by atoms with Crippen molar-refractivity contribution in [2.24, 2.45) is 0 Å². The van der Waals surface area contributed by atoms with Gasteiger partial charge in [-0.1, -0.05) is 166 Å². The molecule has 744 valence electrons. The van der Waals surface area contributed by atoms with Crippen LogP contribution < -0.4 is 24.5 Å². The number of aliphatic hydroxyl groups is 5. The van der Waals surface area contributed by atoms with Crippen molar-refractivity contribution in [3.63, 3.8) is 0 Å². The molecule has 4 amide bonds. The Bertz CT molecular complexity index is 4820. The largest absolute Gasteiger partial charge is 0.396 e. The zero-order valence-corrected chi connectivity index (χ0v) is 88.5. The first-order valence-electron chi connectivity index (χ1n) is 39.9. The molecule has 0 unspecified atom stereocenters. The van der Waals surface area contributed by atoms with Crippen LogP contribution in [0.4, 0.5) is 85.3 Å². The normalized spacial score (nSPS) is 10.6. The van der Waals surface area contributed by atoms with Crippen molar-refractivity contribution in [1.29, 1.82) is 0 Å². The number of alkyl halides is 10. The van der Waals surface area contributed by atoms with Gasteiger partial charge in [-0.3, -0.25) is 125 Å². The number of anilines is 5. The van der Waals surface area contributed by atoms with Crippen LogP contribution in [0.25, 0.3) is 0 Å². The van der Waals surface area contributed by atoms with E-state index in [-0.39, 0.29) is 141 Å². The van der Waals surface area contributed by atoms with Gasteiger partial charge in [0.1, 0.15) is 28.4 Å². The van der Waals surface area contributed by atoms with Gasteiger partial charge < -0.3 is 69.6 Å². The number of nitro groups is 10. The molecule has 0 aromatic heterocycles. The molecule has 134 heavy (non-hydrogen) atoms. The van der Waals surface area contributed by atoms with Gasteiger partial charge in [-0.15, -0.1) is 0 Å². The Morgan fingerprint density at radius 2 is 0.530 bits per heavy atom. The third-order valence-electron chi connectivity index (χ3n) is 18.5. The Labute approximate surface area is 850 Å². The molecule has 5 rings (SSSR count). The number of likely N-dealkylation sites (N-methyl/N-ethyl adjacent to an activating group) is 2. The first-order valence-corrected chi connectivity index (χ1v) is 51.1. The van der Waals surface area contributed by atoms with Gasteiger partial charge in [-0.05, 0) is 33.6 Å². The van der Waals surface area contributed by atoms with E-state index in [0.717, 1.165) is 65.6 Å². The van der Waals surface area contributed by atoms with Crippen LogP contribution in [-0.2, 0) is 0 Å². The molecule has 5 aromatic carbocycles. The maximum atomic E-state index is 13.2. The Kier molecular flexibility index (Phi) is 59.9. The molecule has 0 saturated carbocycles. The van der Waals surface area contributed by atoms with Crippen molar-refractivity contribution in [2.45, 2.75) is 53.0 Å². The number of ketones is 1. The second kappa shape index (κ2) is 65.1. The average molecular weight is 2550 g/mol. The molecule has 0 aliphatic carbocycles. The van der Waals surface area contributed by atoms with Gasteiger partial charge in [0.15, 0.2) is 5.78 Å². The van der Waals surface area contributed by atoms with Crippen LogP contribution in [-0.4, -0.2) is 328 Å². The summed E-state index contributed by atoms with van der Waals surface area (Å²) < 4.78 is 0. The number of aliphatic hydroxyl groups excluding tert-OH is 5. The van der Waals surface area contributed by atoms with Crippen molar-refractivity contribution in [3.8, 4) is 0 Å². The number of carbonyl (C=O) groups is 5. The van der Waals surface area contributed by atoms with Gasteiger partial charge in [0.2, 0.25) is 0 Å². The third kappa shape index (κ3) is 37.3. The second-order valence-electron chi connectivity index (χ2n) is 27.3. The number of nitrogens with zero attached hydrogens (tertiary/aromatic N) is 19. The molecule has 0 aliphatic heterocycles. The highest BCUT2D eigenvalue weighted by molar-refractivity contribution is 9.10. The quantitative estimate of drug-likeness (QED) is 0.0104. The van der Waals surface area contributed by atoms with Gasteiger partial charge in [0.05, 0.1) is 134 Å². The molecule has 0 aliphatic rings. The lowest BCUT2D eigenvalue weighted by Crippen LogP contribution is -2.40. The fraction of sp³-hybridized carbons (Fsp3) is 0.533. The molecule has 0 saturated heterocycles. The van der Waals surface area contributed by atoms with Gasteiger partial charge in [-0.25, -0.2) is 0 Å². The minimum Gasteiger partial charge on any atom is -0.396 e. The SMILES string of the molecule is CC(C)N(CCO)C(=O)c1cc([N+](=O)[O-])cc([N+](=O)[O-])c1N(CCBr)CCBr.CCCN(CCO)C(=O)c1cc([N+](=O)[O-])cc([N+](=O)[O-])c1N(CCBr)CCBr.CCN(CCO)C(=O)c1cc([N+](=O)[O-])cc([N+](=O)[O-])c1N(CCBr)CCBr.CN(CCO)C(=O)c1cc([N+](=O)[O-])cc([N+](=O)[O-])c1N(CCBr)CCBr.O=C(CCCO)c1cc([N+](=O)[O-])cc([N+](=O)[O-])c1N(CCBr)CCBr. The van der Waals surface area contributed by atoms with Gasteiger partial charge in [0, 0.05) is 214 Å². The first kappa shape index (κ1) is 123. The lowest BCUT2D eigenvalue weighted by molar-refractivity contribution is -0.394. The van der Waals surface area contributed by atoms with E-state index in [4.69, 9.17) is 15.3 Å². The molecule has 0 fully saturated rings. The number of Topliss-reactive ketones (excluding diaryl/α,β-unsaturated/α-hetero) is 1. The zero-order valence-electron chi connectivity index (χ0n) is 72.6. The van der Waals surface area contributed by atoms with E-state index in [1.165, 1.54) is 21.7 Å². The van der Waals surface area contributed by atoms with Crippen LogP contribution in [0.15, 0.2) is 60.7 Å². The molecule has 0 atom stereocenters. The van der Waals surface area contributed by atoms with Gasteiger partial charge in [0.25, 0.3) is 80.5 Å². The molecule has 49 nitrogen and oxygen atoms in total. The minimum absolute atomic E-state index is 0.00329.